The van der Waals surface area contributed by atoms with Crippen molar-refractivity contribution >= 4 is 24.3 Å². The number of hydrogen-bond donors (Lipinski definition) is 1. The number of halogens is 2. The highest BCUT2D eigenvalue weighted by Gasteiger charge is 2.32. The zero-order chi connectivity index (χ0) is 26.5. The number of ether oxygens (including phenoxy) is 4. The van der Waals surface area contributed by atoms with Gasteiger partial charge in [-0.15, -0.1) is 12.4 Å². The Labute approximate surface area is 244 Å². The van der Waals surface area contributed by atoms with Crippen molar-refractivity contribution < 1.29 is 45.4 Å². The predicted molar refractivity (Wildman–Crippen MR) is 149 cm³/mol. The van der Waals surface area contributed by atoms with E-state index in [0.29, 0.717) is 11.5 Å². The lowest BCUT2D eigenvalue weighted by Gasteiger charge is -2.44. The molecule has 2 aromatic carbocycles. The number of benzene rings is 2. The summed E-state index contributed by atoms with van der Waals surface area (Å²) >= 11 is 0. The average molecular weight is 586 g/mol. The van der Waals surface area contributed by atoms with E-state index in [-0.39, 0.29) is 56.0 Å². The molecule has 1 aliphatic heterocycles. The van der Waals surface area contributed by atoms with E-state index >= 15 is 0 Å². The minimum absolute atomic E-state index is 0. The van der Waals surface area contributed by atoms with Crippen LogP contribution in [0, 0.1) is 0 Å². The van der Waals surface area contributed by atoms with Gasteiger partial charge in [-0.05, 0) is 61.1 Å². The number of quaternary nitrogens is 1. The van der Waals surface area contributed by atoms with E-state index in [2.05, 4.69) is 33.7 Å². The zero-order valence-corrected chi connectivity index (χ0v) is 24.5. The summed E-state index contributed by atoms with van der Waals surface area (Å²) in [6.45, 7) is 4.31. The molecule has 2 aromatic rings. The van der Waals surface area contributed by atoms with Gasteiger partial charge < -0.3 is 41.6 Å². The summed E-state index contributed by atoms with van der Waals surface area (Å²) in [5.74, 6) is 0.560. The van der Waals surface area contributed by atoms with E-state index in [1.807, 2.05) is 24.3 Å². The number of aryl methyl sites for hydroxylation is 2. The Morgan fingerprint density at radius 1 is 0.821 bits per heavy atom. The number of nitrogens with two attached hydrogens (primary N) is 1. The molecular formula is C29H42Cl2N2O6. The fourth-order valence-electron chi connectivity index (χ4n) is 5.03. The molecule has 1 atom stereocenters. The van der Waals surface area contributed by atoms with Gasteiger partial charge >= 0.3 is 11.9 Å². The molecule has 1 fully saturated rings. The van der Waals surface area contributed by atoms with Crippen LogP contribution in [0.4, 0.5) is 0 Å². The molecule has 1 heterocycles. The Kier molecular flexibility index (Phi) is 15.9. The van der Waals surface area contributed by atoms with Crippen LogP contribution in [0.5, 0.6) is 11.5 Å². The molecule has 1 aliphatic rings. The fourth-order valence-corrected chi connectivity index (χ4v) is 5.03. The maximum absolute atomic E-state index is 11.2. The van der Waals surface area contributed by atoms with Gasteiger partial charge in [-0.2, -0.15) is 0 Å². The summed E-state index contributed by atoms with van der Waals surface area (Å²) < 4.78 is 21.2. The van der Waals surface area contributed by atoms with Gasteiger partial charge in [0.05, 0.1) is 46.4 Å². The maximum Gasteiger partial charge on any atom is 0.343 e. The van der Waals surface area contributed by atoms with E-state index in [4.69, 9.17) is 15.2 Å². The van der Waals surface area contributed by atoms with Gasteiger partial charge in [-0.25, -0.2) is 9.59 Å². The van der Waals surface area contributed by atoms with Crippen LogP contribution >= 0.6 is 12.4 Å². The molecular weight excluding hydrogens is 543 g/mol. The van der Waals surface area contributed by atoms with Crippen LogP contribution in [-0.4, -0.2) is 76.1 Å². The summed E-state index contributed by atoms with van der Waals surface area (Å²) in [5, 5.41) is 0. The number of esters is 2. The molecule has 218 valence electrons. The molecule has 0 aromatic heterocycles. The topological polar surface area (TPSA) is 97.1 Å². The van der Waals surface area contributed by atoms with Crippen molar-refractivity contribution in [2.45, 2.75) is 44.6 Å². The second-order valence-electron chi connectivity index (χ2n) is 9.82. The average Bonchev–Trinajstić information content (AvgIpc) is 2.91. The standard InChI is InChI=1S/C29H41N2O6.2ClH/c1-34-28(32)21-36-26-13-9-23(10-14-26)6-3-17-31(19-5-8-25(30)20-31)18-4-7-24-11-15-27(16-12-24)37-22-29(33)35-2;;/h9-16,25H,3-8,17-22,30H2,1-2H3;2*1H/q+1;;/p-1. The van der Waals surface area contributed by atoms with Crippen molar-refractivity contribution in [1.82, 2.24) is 0 Å². The van der Waals surface area contributed by atoms with Gasteiger partial charge in [-0.1, -0.05) is 24.3 Å². The molecule has 1 saturated heterocycles. The van der Waals surface area contributed by atoms with Crippen molar-refractivity contribution in [1.29, 1.82) is 0 Å². The molecule has 1 unspecified atom stereocenters. The molecule has 0 aliphatic carbocycles. The first-order valence-electron chi connectivity index (χ1n) is 13.1. The first-order chi connectivity index (χ1) is 17.9. The Morgan fingerprint density at radius 2 is 1.26 bits per heavy atom. The number of rotatable bonds is 14. The van der Waals surface area contributed by atoms with Crippen molar-refractivity contribution in [3.05, 3.63) is 59.7 Å². The van der Waals surface area contributed by atoms with Gasteiger partial charge in [0.25, 0.3) is 0 Å². The lowest BCUT2D eigenvalue weighted by molar-refractivity contribution is -0.933. The lowest BCUT2D eigenvalue weighted by Crippen LogP contribution is -3.00. The van der Waals surface area contributed by atoms with E-state index in [1.54, 1.807) is 0 Å². The van der Waals surface area contributed by atoms with Gasteiger partial charge in [-0.3, -0.25) is 0 Å². The zero-order valence-electron chi connectivity index (χ0n) is 22.9. The number of piperidine rings is 1. The van der Waals surface area contributed by atoms with Gasteiger partial charge in [0, 0.05) is 12.8 Å². The number of methoxy groups -OCH3 is 2. The number of nitrogens with zero attached hydrogens (tertiary/aromatic N) is 1. The van der Waals surface area contributed by atoms with Crippen LogP contribution < -0.4 is 27.6 Å². The lowest BCUT2D eigenvalue weighted by atomic mass is 10.00. The van der Waals surface area contributed by atoms with Gasteiger partial charge in [0.15, 0.2) is 13.2 Å². The first kappa shape index (κ1) is 34.5. The Hall–Kier alpha value is -2.52. The molecule has 39 heavy (non-hydrogen) atoms. The van der Waals surface area contributed by atoms with E-state index < -0.39 is 0 Å². The van der Waals surface area contributed by atoms with E-state index in [1.165, 1.54) is 38.3 Å². The van der Waals surface area contributed by atoms with Crippen molar-refractivity contribution in [3.63, 3.8) is 0 Å². The molecule has 0 saturated carbocycles. The summed E-state index contributed by atoms with van der Waals surface area (Å²) in [4.78, 5) is 22.5. The maximum atomic E-state index is 11.2. The third kappa shape index (κ3) is 12.0. The van der Waals surface area contributed by atoms with Crippen LogP contribution in [0.2, 0.25) is 0 Å². The highest BCUT2D eigenvalue weighted by molar-refractivity contribution is 5.85. The minimum Gasteiger partial charge on any atom is -1.00 e. The third-order valence-corrected chi connectivity index (χ3v) is 7.04. The highest BCUT2D eigenvalue weighted by Crippen LogP contribution is 2.23. The van der Waals surface area contributed by atoms with Crippen LogP contribution in [0.1, 0.15) is 36.8 Å². The summed E-state index contributed by atoms with van der Waals surface area (Å²) in [7, 11) is 2.70. The van der Waals surface area contributed by atoms with Crippen LogP contribution in [0.25, 0.3) is 0 Å². The normalized spacial score (nSPS) is 15.7. The second kappa shape index (κ2) is 17.9. The second-order valence-corrected chi connectivity index (χ2v) is 9.82. The van der Waals surface area contributed by atoms with Gasteiger partial charge in [0.1, 0.15) is 11.5 Å². The van der Waals surface area contributed by atoms with E-state index in [0.717, 1.165) is 56.2 Å². The Bertz CT molecular complexity index is 919. The third-order valence-electron chi connectivity index (χ3n) is 7.04. The highest BCUT2D eigenvalue weighted by atomic mass is 35.5. The molecule has 3 rings (SSSR count). The molecule has 0 spiro atoms. The molecule has 8 nitrogen and oxygen atoms in total. The van der Waals surface area contributed by atoms with E-state index in [9.17, 15) is 9.59 Å². The summed E-state index contributed by atoms with van der Waals surface area (Å²) in [6, 6.07) is 16.2. The van der Waals surface area contributed by atoms with Crippen molar-refractivity contribution in [2.24, 2.45) is 5.73 Å². The predicted octanol–water partition coefficient (Wildman–Crippen LogP) is 0.719. The summed E-state index contributed by atoms with van der Waals surface area (Å²) in [5.41, 5.74) is 8.95. The van der Waals surface area contributed by atoms with Gasteiger partial charge in [0.2, 0.25) is 0 Å². The molecule has 0 amide bonds. The fraction of sp³-hybridized carbons (Fsp3) is 0.517. The number of hydrogen-bond acceptors (Lipinski definition) is 7. The first-order valence-corrected chi connectivity index (χ1v) is 13.1. The van der Waals surface area contributed by atoms with Crippen molar-refractivity contribution in [2.75, 3.05) is 53.6 Å². The molecule has 2 N–H and O–H groups in total. The molecule has 0 radical (unpaired) electrons. The van der Waals surface area contributed by atoms with Crippen LogP contribution in [0.3, 0.4) is 0 Å². The van der Waals surface area contributed by atoms with Crippen LogP contribution in [-0.2, 0) is 31.9 Å². The number of likely N-dealkylation sites (tertiary alicyclic amines) is 1. The Morgan fingerprint density at radius 3 is 1.64 bits per heavy atom. The minimum atomic E-state index is -0.389. The summed E-state index contributed by atoms with van der Waals surface area (Å²) in [6.07, 6.45) is 6.49. The van der Waals surface area contributed by atoms with Crippen LogP contribution in [0.15, 0.2) is 48.5 Å². The number of carbonyl (C=O) groups excluding carboxylic acids is 2. The number of carbonyl (C=O) groups is 2. The largest absolute Gasteiger partial charge is 1.00 e. The molecule has 0 bridgehead atoms. The SMILES string of the molecule is COC(=O)COc1ccc(CCC[N+]2(CCCc3ccc(OCC(=O)OC)cc3)CCCC(N)C2)cc1.Cl.[Cl-]. The monoisotopic (exact) mass is 584 g/mol. The van der Waals surface area contributed by atoms with Crippen molar-refractivity contribution in [3.8, 4) is 11.5 Å². The molecule has 10 heteroatoms. The quantitative estimate of drug-likeness (QED) is 0.258. The Balaban J connectivity index is 0.00000380. The smallest absolute Gasteiger partial charge is 0.343 e.